The molecule has 1 saturated heterocycles. The van der Waals surface area contributed by atoms with Gasteiger partial charge in [-0.1, -0.05) is 11.6 Å². The fourth-order valence-electron chi connectivity index (χ4n) is 2.17. The second kappa shape index (κ2) is 6.37. The minimum atomic E-state index is 0.0918. The molecule has 0 bridgehead atoms. The molecule has 0 radical (unpaired) electrons. The maximum atomic E-state index is 12.1. The summed E-state index contributed by atoms with van der Waals surface area (Å²) >= 11 is 13.8. The summed E-state index contributed by atoms with van der Waals surface area (Å²) in [6, 6.07) is 3.54. The van der Waals surface area contributed by atoms with Gasteiger partial charge in [-0.15, -0.1) is 0 Å². The Morgan fingerprint density at radius 3 is 2.89 bits per heavy atom. The topological polar surface area (TPSA) is 29.5 Å². The molecule has 0 aromatic heterocycles. The van der Waals surface area contributed by atoms with Crippen molar-refractivity contribution in [2.24, 2.45) is 5.92 Å². The highest BCUT2D eigenvalue weighted by atomic mass is 79.9. The molecule has 0 N–H and O–H groups in total. The SMILES string of the molecule is CCOc1c(Br)cc(Cl)cc1N1CC(CS)CC1=O. The van der Waals surface area contributed by atoms with Crippen molar-refractivity contribution in [2.45, 2.75) is 13.3 Å². The molecule has 104 valence electrons. The lowest BCUT2D eigenvalue weighted by molar-refractivity contribution is -0.117. The average molecular weight is 365 g/mol. The van der Waals surface area contributed by atoms with Gasteiger partial charge in [0.1, 0.15) is 0 Å². The van der Waals surface area contributed by atoms with Crippen LogP contribution in [0.25, 0.3) is 0 Å². The van der Waals surface area contributed by atoms with E-state index in [9.17, 15) is 4.79 Å². The third-order valence-electron chi connectivity index (χ3n) is 3.03. The van der Waals surface area contributed by atoms with Crippen molar-refractivity contribution in [3.05, 3.63) is 21.6 Å². The summed E-state index contributed by atoms with van der Waals surface area (Å²) in [7, 11) is 0. The van der Waals surface area contributed by atoms with Crippen LogP contribution in [-0.2, 0) is 4.79 Å². The number of ether oxygens (including phenoxy) is 1. The number of halogens is 2. The van der Waals surface area contributed by atoms with Crippen LogP contribution in [0.2, 0.25) is 5.02 Å². The highest BCUT2D eigenvalue weighted by molar-refractivity contribution is 9.10. The van der Waals surface area contributed by atoms with Crippen molar-refractivity contribution < 1.29 is 9.53 Å². The number of hydrogen-bond donors (Lipinski definition) is 1. The Morgan fingerprint density at radius 2 is 2.32 bits per heavy atom. The standard InChI is InChI=1S/C13H15BrClNO2S/c1-2-18-13-10(14)4-9(15)5-11(13)16-6-8(7-19)3-12(16)17/h4-5,8,19H,2-3,6-7H2,1H3. The van der Waals surface area contributed by atoms with Gasteiger partial charge in [0.05, 0.1) is 16.8 Å². The smallest absolute Gasteiger partial charge is 0.227 e. The Morgan fingerprint density at radius 1 is 1.58 bits per heavy atom. The molecule has 1 atom stereocenters. The second-order valence-electron chi connectivity index (χ2n) is 4.43. The Bertz CT molecular complexity index is 498. The van der Waals surface area contributed by atoms with E-state index in [1.54, 1.807) is 17.0 Å². The summed E-state index contributed by atoms with van der Waals surface area (Å²) in [5.74, 6) is 1.74. The van der Waals surface area contributed by atoms with Crippen LogP contribution in [-0.4, -0.2) is 24.8 Å². The molecule has 6 heteroatoms. The number of benzene rings is 1. The first-order valence-corrected chi connectivity index (χ1v) is 7.90. The zero-order valence-corrected chi connectivity index (χ0v) is 13.8. The van der Waals surface area contributed by atoms with Gasteiger partial charge in [0.15, 0.2) is 5.75 Å². The Labute approximate surface area is 131 Å². The molecule has 1 unspecified atom stereocenters. The van der Waals surface area contributed by atoms with Crippen LogP contribution in [0.3, 0.4) is 0 Å². The number of amides is 1. The van der Waals surface area contributed by atoms with Crippen LogP contribution in [0, 0.1) is 5.92 Å². The van der Waals surface area contributed by atoms with Gasteiger partial charge in [-0.2, -0.15) is 12.6 Å². The summed E-state index contributed by atoms with van der Waals surface area (Å²) in [5, 5.41) is 0.576. The summed E-state index contributed by atoms with van der Waals surface area (Å²) < 4.78 is 6.40. The molecule has 3 nitrogen and oxygen atoms in total. The predicted molar refractivity (Wildman–Crippen MR) is 84.6 cm³/mol. The van der Waals surface area contributed by atoms with Crippen LogP contribution in [0.5, 0.6) is 5.75 Å². The number of anilines is 1. The lowest BCUT2D eigenvalue weighted by Crippen LogP contribution is -2.25. The number of carbonyl (C=O) groups excluding carboxylic acids is 1. The van der Waals surface area contributed by atoms with Crippen molar-refractivity contribution in [3.63, 3.8) is 0 Å². The van der Waals surface area contributed by atoms with E-state index < -0.39 is 0 Å². The van der Waals surface area contributed by atoms with Gasteiger partial charge in [0.2, 0.25) is 5.91 Å². The number of rotatable bonds is 4. The monoisotopic (exact) mass is 363 g/mol. The van der Waals surface area contributed by atoms with Gasteiger partial charge in [-0.25, -0.2) is 0 Å². The molecule has 1 fully saturated rings. The Balaban J connectivity index is 2.40. The maximum absolute atomic E-state index is 12.1. The molecule has 1 aliphatic heterocycles. The van der Waals surface area contributed by atoms with Gasteiger partial charge < -0.3 is 9.64 Å². The molecule has 19 heavy (non-hydrogen) atoms. The van der Waals surface area contributed by atoms with Gasteiger partial charge in [-0.05, 0) is 46.7 Å². The minimum absolute atomic E-state index is 0.0918. The summed E-state index contributed by atoms with van der Waals surface area (Å²) in [4.78, 5) is 13.8. The van der Waals surface area contributed by atoms with Gasteiger partial charge in [-0.3, -0.25) is 4.79 Å². The van der Waals surface area contributed by atoms with Gasteiger partial charge in [0, 0.05) is 18.0 Å². The van der Waals surface area contributed by atoms with E-state index in [4.69, 9.17) is 16.3 Å². The molecule has 1 aromatic carbocycles. The van der Waals surface area contributed by atoms with Crippen molar-refractivity contribution in [1.29, 1.82) is 0 Å². The molecule has 2 rings (SSSR count). The van der Waals surface area contributed by atoms with E-state index in [-0.39, 0.29) is 11.8 Å². The molecular weight excluding hydrogens is 350 g/mol. The predicted octanol–water partition coefficient (Wildman–Crippen LogP) is 3.78. The van der Waals surface area contributed by atoms with E-state index >= 15 is 0 Å². The van der Waals surface area contributed by atoms with Crippen LogP contribution < -0.4 is 9.64 Å². The Hall–Kier alpha value is -0.390. The van der Waals surface area contributed by atoms with Crippen molar-refractivity contribution >= 4 is 51.8 Å². The maximum Gasteiger partial charge on any atom is 0.227 e. The first-order chi connectivity index (χ1) is 9.06. The molecule has 0 spiro atoms. The lowest BCUT2D eigenvalue weighted by atomic mass is 10.1. The van der Waals surface area contributed by atoms with E-state index in [0.717, 1.165) is 10.2 Å². The van der Waals surface area contributed by atoms with Gasteiger partial charge in [0.25, 0.3) is 0 Å². The third-order valence-corrected chi connectivity index (χ3v) is 4.36. The van der Waals surface area contributed by atoms with E-state index in [1.807, 2.05) is 6.92 Å². The highest BCUT2D eigenvalue weighted by Gasteiger charge is 2.32. The molecule has 1 aliphatic rings. The van der Waals surface area contributed by atoms with Crippen molar-refractivity contribution in [1.82, 2.24) is 0 Å². The first-order valence-electron chi connectivity index (χ1n) is 6.09. The van der Waals surface area contributed by atoms with E-state index in [0.29, 0.717) is 36.1 Å². The largest absolute Gasteiger partial charge is 0.490 e. The average Bonchev–Trinajstić information content (AvgIpc) is 2.74. The summed E-state index contributed by atoms with van der Waals surface area (Å²) in [6.45, 7) is 3.10. The zero-order valence-electron chi connectivity index (χ0n) is 10.5. The normalized spacial score (nSPS) is 19.1. The van der Waals surface area contributed by atoms with E-state index in [2.05, 4.69) is 28.6 Å². The summed E-state index contributed by atoms with van der Waals surface area (Å²) in [5.41, 5.74) is 0.732. The number of hydrogen-bond acceptors (Lipinski definition) is 3. The lowest BCUT2D eigenvalue weighted by Gasteiger charge is -2.21. The molecular formula is C13H15BrClNO2S. The fourth-order valence-corrected chi connectivity index (χ4v) is 3.32. The molecule has 0 aliphatic carbocycles. The third kappa shape index (κ3) is 3.20. The summed E-state index contributed by atoms with van der Waals surface area (Å²) in [6.07, 6.45) is 0.527. The molecule has 1 amide bonds. The highest BCUT2D eigenvalue weighted by Crippen LogP contribution is 2.41. The quantitative estimate of drug-likeness (QED) is 0.824. The molecule has 1 aromatic rings. The number of carbonyl (C=O) groups is 1. The minimum Gasteiger partial charge on any atom is -0.490 e. The number of thiol groups is 1. The molecule has 1 heterocycles. The zero-order chi connectivity index (χ0) is 14.0. The van der Waals surface area contributed by atoms with Gasteiger partial charge >= 0.3 is 0 Å². The van der Waals surface area contributed by atoms with Crippen molar-refractivity contribution in [2.75, 3.05) is 23.8 Å². The fraction of sp³-hybridized carbons (Fsp3) is 0.462. The first kappa shape index (κ1) is 15.0. The number of nitrogens with zero attached hydrogens (tertiary/aromatic N) is 1. The van der Waals surface area contributed by atoms with Crippen LogP contribution in [0.4, 0.5) is 5.69 Å². The van der Waals surface area contributed by atoms with Crippen LogP contribution >= 0.6 is 40.2 Å². The Kier molecular flexibility index (Phi) is 5.03. The van der Waals surface area contributed by atoms with E-state index in [1.165, 1.54) is 0 Å². The van der Waals surface area contributed by atoms with Crippen LogP contribution in [0.15, 0.2) is 16.6 Å². The van der Waals surface area contributed by atoms with Crippen LogP contribution in [0.1, 0.15) is 13.3 Å². The second-order valence-corrected chi connectivity index (χ2v) is 6.08. The van der Waals surface area contributed by atoms with Crippen molar-refractivity contribution in [3.8, 4) is 5.75 Å². The molecule has 0 saturated carbocycles.